The fraction of sp³-hybridized carbons (Fsp3) is 0.364. The second-order valence-corrected chi connectivity index (χ2v) is 9.31. The highest BCUT2D eigenvalue weighted by molar-refractivity contribution is 7.91. The summed E-state index contributed by atoms with van der Waals surface area (Å²) < 4.78 is 32.4. The number of piperidine rings is 1. The topological polar surface area (TPSA) is 92.8 Å². The van der Waals surface area contributed by atoms with Crippen LogP contribution in [0.1, 0.15) is 35.7 Å². The average molecular weight is 431 g/mol. The van der Waals surface area contributed by atoms with Crippen LogP contribution in [0.15, 0.2) is 54.6 Å². The van der Waals surface area contributed by atoms with Gasteiger partial charge in [-0.25, -0.2) is 13.2 Å². The molecular weight excluding hydrogens is 404 g/mol. The Kier molecular flexibility index (Phi) is 7.10. The van der Waals surface area contributed by atoms with Crippen LogP contribution in [0.5, 0.6) is 0 Å². The summed E-state index contributed by atoms with van der Waals surface area (Å²) in [5.41, 5.74) is 1.09. The van der Waals surface area contributed by atoms with Gasteiger partial charge in [0, 0.05) is 18.8 Å². The maximum atomic E-state index is 12.4. The number of rotatable bonds is 7. The number of esters is 1. The first kappa shape index (κ1) is 21.8. The van der Waals surface area contributed by atoms with Gasteiger partial charge in [0.05, 0.1) is 11.3 Å². The van der Waals surface area contributed by atoms with Crippen molar-refractivity contribution in [1.29, 1.82) is 0 Å². The van der Waals surface area contributed by atoms with Crippen molar-refractivity contribution in [1.82, 2.24) is 4.90 Å². The molecule has 0 bridgehead atoms. The van der Waals surface area contributed by atoms with E-state index in [1.54, 1.807) is 41.3 Å². The van der Waals surface area contributed by atoms with Gasteiger partial charge in [0.2, 0.25) is 10.0 Å². The number of hydrogen-bond acceptors (Lipinski definition) is 5. The van der Waals surface area contributed by atoms with Crippen LogP contribution < -0.4 is 4.72 Å². The Morgan fingerprint density at radius 1 is 1.13 bits per heavy atom. The summed E-state index contributed by atoms with van der Waals surface area (Å²) in [5, 5.41) is 0. The van der Waals surface area contributed by atoms with Crippen molar-refractivity contribution >= 4 is 27.6 Å². The van der Waals surface area contributed by atoms with E-state index in [0.717, 1.165) is 12.8 Å². The Balaban J connectivity index is 1.57. The van der Waals surface area contributed by atoms with E-state index in [1.807, 2.05) is 6.07 Å². The third-order valence-corrected chi connectivity index (χ3v) is 6.17. The zero-order valence-electron chi connectivity index (χ0n) is 16.9. The Morgan fingerprint density at radius 2 is 1.90 bits per heavy atom. The number of anilines is 1. The van der Waals surface area contributed by atoms with Crippen LogP contribution in [0.3, 0.4) is 0 Å². The minimum absolute atomic E-state index is 0.175. The highest BCUT2D eigenvalue weighted by atomic mass is 32.2. The maximum Gasteiger partial charge on any atom is 0.338 e. The van der Waals surface area contributed by atoms with E-state index in [0.29, 0.717) is 24.6 Å². The summed E-state index contributed by atoms with van der Waals surface area (Å²) >= 11 is 0. The van der Waals surface area contributed by atoms with Crippen LogP contribution in [-0.2, 0) is 25.3 Å². The molecule has 0 saturated carbocycles. The molecule has 1 N–H and O–H groups in total. The number of benzene rings is 2. The molecule has 2 aromatic rings. The number of carbonyl (C=O) groups excluding carboxylic acids is 2. The van der Waals surface area contributed by atoms with Crippen LogP contribution in [0.4, 0.5) is 5.69 Å². The van der Waals surface area contributed by atoms with Gasteiger partial charge in [0.1, 0.15) is 0 Å². The number of nitrogens with one attached hydrogen (secondary N) is 1. The molecule has 1 saturated heterocycles. The normalized spacial score (nSPS) is 16.7. The van der Waals surface area contributed by atoms with Crippen molar-refractivity contribution in [2.45, 2.75) is 25.5 Å². The summed E-state index contributed by atoms with van der Waals surface area (Å²) in [6.45, 7) is 3.12. The smallest absolute Gasteiger partial charge is 0.338 e. The second kappa shape index (κ2) is 9.75. The van der Waals surface area contributed by atoms with Crippen molar-refractivity contribution in [2.75, 3.05) is 24.4 Å². The lowest BCUT2D eigenvalue weighted by atomic mass is 10.0. The number of sulfonamides is 1. The van der Waals surface area contributed by atoms with E-state index in [2.05, 4.69) is 11.6 Å². The van der Waals surface area contributed by atoms with Gasteiger partial charge in [-0.1, -0.05) is 43.3 Å². The van der Waals surface area contributed by atoms with Gasteiger partial charge >= 0.3 is 5.97 Å². The van der Waals surface area contributed by atoms with Gasteiger partial charge in [-0.15, -0.1) is 0 Å². The number of carbonyl (C=O) groups is 2. The molecule has 0 unspecified atom stereocenters. The SMILES string of the molecule is C[C@H]1CCCN(C(=O)COC(=O)c2cccc(NS(=O)(=O)Cc3ccccc3)c2)C1. The van der Waals surface area contributed by atoms with Gasteiger partial charge < -0.3 is 9.64 Å². The summed E-state index contributed by atoms with van der Waals surface area (Å²) in [6, 6.07) is 14.9. The Morgan fingerprint density at radius 3 is 2.63 bits per heavy atom. The molecule has 1 amide bonds. The molecule has 0 aromatic heterocycles. The number of nitrogens with zero attached hydrogens (tertiary/aromatic N) is 1. The largest absolute Gasteiger partial charge is 0.452 e. The van der Waals surface area contributed by atoms with E-state index in [1.165, 1.54) is 12.1 Å². The first-order valence-corrected chi connectivity index (χ1v) is 11.6. The summed E-state index contributed by atoms with van der Waals surface area (Å²) in [4.78, 5) is 26.3. The molecule has 1 heterocycles. The predicted octanol–water partition coefficient (Wildman–Crippen LogP) is 3.04. The Bertz CT molecular complexity index is 992. The zero-order chi connectivity index (χ0) is 21.6. The molecule has 1 fully saturated rings. The number of ether oxygens (including phenoxy) is 1. The Labute approximate surface area is 177 Å². The van der Waals surface area contributed by atoms with Crippen LogP contribution >= 0.6 is 0 Å². The molecule has 30 heavy (non-hydrogen) atoms. The monoisotopic (exact) mass is 430 g/mol. The fourth-order valence-corrected chi connectivity index (χ4v) is 4.63. The molecule has 1 aliphatic heterocycles. The van der Waals surface area contributed by atoms with E-state index in [-0.39, 0.29) is 29.5 Å². The highest BCUT2D eigenvalue weighted by Gasteiger charge is 2.22. The van der Waals surface area contributed by atoms with Crippen molar-refractivity contribution < 1.29 is 22.7 Å². The van der Waals surface area contributed by atoms with Crippen LogP contribution in [-0.4, -0.2) is 44.9 Å². The van der Waals surface area contributed by atoms with E-state index < -0.39 is 16.0 Å². The van der Waals surface area contributed by atoms with Crippen molar-refractivity contribution in [3.8, 4) is 0 Å². The van der Waals surface area contributed by atoms with Crippen molar-refractivity contribution in [2.24, 2.45) is 5.92 Å². The molecule has 8 heteroatoms. The quantitative estimate of drug-likeness (QED) is 0.682. The van der Waals surface area contributed by atoms with Crippen LogP contribution in [0, 0.1) is 5.92 Å². The molecule has 3 rings (SSSR count). The minimum atomic E-state index is -3.64. The summed E-state index contributed by atoms with van der Waals surface area (Å²) in [5.74, 6) is -0.614. The molecule has 160 valence electrons. The highest BCUT2D eigenvalue weighted by Crippen LogP contribution is 2.17. The van der Waals surface area contributed by atoms with Gasteiger partial charge in [-0.3, -0.25) is 9.52 Å². The molecular formula is C22H26N2O5S. The second-order valence-electron chi connectivity index (χ2n) is 7.59. The standard InChI is InChI=1S/C22H26N2O5S/c1-17-7-6-12-24(14-17)21(25)15-29-22(26)19-10-5-11-20(13-19)23-30(27,28)16-18-8-3-2-4-9-18/h2-5,8-11,13,17,23H,6-7,12,14-16H2,1H3/t17-/m0/s1. The molecule has 7 nitrogen and oxygen atoms in total. The molecule has 0 radical (unpaired) electrons. The summed E-state index contributed by atoms with van der Waals surface area (Å²) in [7, 11) is -3.64. The maximum absolute atomic E-state index is 12.4. The molecule has 0 spiro atoms. The molecule has 2 aromatic carbocycles. The predicted molar refractivity (Wildman–Crippen MR) is 114 cm³/mol. The van der Waals surface area contributed by atoms with E-state index in [9.17, 15) is 18.0 Å². The Hall–Kier alpha value is -2.87. The molecule has 1 aliphatic rings. The first-order valence-electron chi connectivity index (χ1n) is 9.92. The number of amides is 1. The fourth-order valence-electron chi connectivity index (χ4n) is 3.44. The third-order valence-electron chi connectivity index (χ3n) is 4.91. The van der Waals surface area contributed by atoms with Crippen molar-refractivity contribution in [3.63, 3.8) is 0 Å². The van der Waals surface area contributed by atoms with Crippen molar-refractivity contribution in [3.05, 3.63) is 65.7 Å². The summed E-state index contributed by atoms with van der Waals surface area (Å²) in [6.07, 6.45) is 2.04. The lowest BCUT2D eigenvalue weighted by Crippen LogP contribution is -2.41. The van der Waals surface area contributed by atoms with Gasteiger partial charge in [0.25, 0.3) is 5.91 Å². The van der Waals surface area contributed by atoms with Gasteiger partial charge in [0.15, 0.2) is 6.61 Å². The first-order chi connectivity index (χ1) is 14.3. The zero-order valence-corrected chi connectivity index (χ0v) is 17.7. The third kappa shape index (κ3) is 6.32. The number of likely N-dealkylation sites (tertiary alicyclic amines) is 1. The van der Waals surface area contributed by atoms with Gasteiger partial charge in [-0.2, -0.15) is 0 Å². The lowest BCUT2D eigenvalue weighted by molar-refractivity contribution is -0.136. The number of hydrogen-bond donors (Lipinski definition) is 1. The van der Waals surface area contributed by atoms with E-state index in [4.69, 9.17) is 4.74 Å². The van der Waals surface area contributed by atoms with Crippen LogP contribution in [0.25, 0.3) is 0 Å². The average Bonchev–Trinajstić information content (AvgIpc) is 2.72. The van der Waals surface area contributed by atoms with E-state index >= 15 is 0 Å². The van der Waals surface area contributed by atoms with Gasteiger partial charge in [-0.05, 0) is 42.5 Å². The van der Waals surface area contributed by atoms with Crippen LogP contribution in [0.2, 0.25) is 0 Å². The lowest BCUT2D eigenvalue weighted by Gasteiger charge is -2.30. The molecule has 0 aliphatic carbocycles. The molecule has 1 atom stereocenters. The minimum Gasteiger partial charge on any atom is -0.452 e.